The Kier molecular flexibility index (Phi) is 15.2. The van der Waals surface area contributed by atoms with Gasteiger partial charge in [0.25, 0.3) is 2.32 Å². The van der Waals surface area contributed by atoms with E-state index in [0.717, 1.165) is 32.8 Å². The third-order valence-electron chi connectivity index (χ3n) is 13.0. The normalized spacial score (nSPS) is 16.3. The van der Waals surface area contributed by atoms with E-state index in [4.69, 9.17) is 37.5 Å². The molecule has 1 fully saturated rings. The summed E-state index contributed by atoms with van der Waals surface area (Å²) in [5, 5.41) is 9.15. The van der Waals surface area contributed by atoms with Gasteiger partial charge in [-0.25, -0.2) is 0 Å². The van der Waals surface area contributed by atoms with Gasteiger partial charge in [0.05, 0.1) is 11.2 Å². The Morgan fingerprint density at radius 3 is 1.43 bits per heavy atom. The third-order valence-corrected chi connectivity index (χ3v) is 17.4. The van der Waals surface area contributed by atoms with Crippen LogP contribution in [0.5, 0.6) is 0 Å². The molecule has 0 unspecified atom stereocenters. The molecule has 15 heteroatoms. The van der Waals surface area contributed by atoms with Crippen LogP contribution in [0.15, 0.2) is 118 Å². The van der Waals surface area contributed by atoms with Crippen molar-refractivity contribution in [1.82, 2.24) is 0 Å². The third kappa shape index (κ3) is 8.94. The molecule has 313 valence electrons. The van der Waals surface area contributed by atoms with E-state index >= 15 is 0 Å². The van der Waals surface area contributed by atoms with Crippen molar-refractivity contribution in [3.63, 3.8) is 0 Å². The monoisotopic (exact) mass is 1330 g/mol. The van der Waals surface area contributed by atoms with E-state index in [0.29, 0.717) is 2.32 Å². The number of halogens is 5. The summed E-state index contributed by atoms with van der Waals surface area (Å²) in [7, 11) is 4.35. The summed E-state index contributed by atoms with van der Waals surface area (Å²) >= 11 is 15.1. The van der Waals surface area contributed by atoms with Crippen molar-refractivity contribution in [3.8, 4) is 22.3 Å². The van der Waals surface area contributed by atoms with Crippen LogP contribution >= 0.6 is 101 Å². The van der Waals surface area contributed by atoms with Gasteiger partial charge in [-0.05, 0) is 114 Å². The Balaban J connectivity index is 0.000000164. The molecule has 5 radical (unpaired) electrons. The summed E-state index contributed by atoms with van der Waals surface area (Å²) in [6, 6.07) is 38.1. The average molecular weight is 1330 g/mol. The number of furan rings is 2. The van der Waals surface area contributed by atoms with Crippen LogP contribution in [0.25, 0.3) is 66.1 Å². The number of hydrogen-bond donors (Lipinski definition) is 0. The van der Waals surface area contributed by atoms with Crippen LogP contribution in [-0.2, 0) is 38.7 Å². The standard InChI is InChI=1S/C27H27BO3.C21H15ClO.B2I3.B2I.V/c1-25(2)19-13-14-22-24(18-9-7-8-10-21(18)29-22)23(19)17-12-11-16(15-20(17)25)28-30-26(3,4)27(5,6)31-28;1-21(2)15-9-10-18-20(14-5-3-4-6-17(14)23-18)19(15)13-8-7-12(22)11-16(13)21;3-1-2(4)5;1-2-3;/h7-15H,1-6H3;3-11H,1-2H3;;;. The quantitative estimate of drug-likeness (QED) is 0.128. The molecular weight excluding hydrogens is 1290 g/mol. The van der Waals surface area contributed by atoms with E-state index in [9.17, 15) is 0 Å². The summed E-state index contributed by atoms with van der Waals surface area (Å²) in [6.45, 7) is 17.5. The molecule has 1 aliphatic heterocycles. The summed E-state index contributed by atoms with van der Waals surface area (Å²) < 4.78 is 25.6. The zero-order valence-corrected chi connectivity index (χ0v) is 47.0. The molecule has 63 heavy (non-hydrogen) atoms. The molecule has 2 aliphatic carbocycles. The summed E-state index contributed by atoms with van der Waals surface area (Å²) in [5.74, 6) is 0. The van der Waals surface area contributed by atoms with Crippen molar-refractivity contribution in [3.05, 3.63) is 136 Å². The predicted octanol–water partition coefficient (Wildman–Crippen LogP) is 14.8. The summed E-state index contributed by atoms with van der Waals surface area (Å²) in [5.41, 5.74) is 14.4. The number of benzene rings is 6. The van der Waals surface area contributed by atoms with Gasteiger partial charge in [0.15, 0.2) is 5.03 Å². The maximum atomic E-state index is 6.33. The molecule has 3 aliphatic rings. The van der Waals surface area contributed by atoms with Gasteiger partial charge in [-0.15, -0.1) is 44.7 Å². The molecule has 1 saturated heterocycles. The van der Waals surface area contributed by atoms with Gasteiger partial charge >= 0.3 is 7.12 Å². The fourth-order valence-electron chi connectivity index (χ4n) is 9.20. The molecular formula is C48H42B5ClI4O4V. The molecule has 0 bridgehead atoms. The molecule has 6 aromatic carbocycles. The SMILES string of the molecule is CC1(C)c2cc(B3OC(C)(C)C(C)(C)O3)ccc2-c2c1ccc1oc3ccccc3c21.CC1(C)c2cc(Cl)ccc2-c2c1ccc1oc3ccccc3c21.I[B]B(I)I.[B][B]I.[V]. The zero-order valence-electron chi connectivity index (χ0n) is 36.2. The van der Waals surface area contributed by atoms with Gasteiger partial charge in [-0.2, -0.15) is 44.7 Å². The van der Waals surface area contributed by atoms with Crippen LogP contribution in [0, 0.1) is 0 Å². The van der Waals surface area contributed by atoms with Gasteiger partial charge in [0.1, 0.15) is 27.4 Å². The first-order chi connectivity index (χ1) is 29.4. The largest absolute Gasteiger partial charge is 0.494 e. The molecule has 0 atom stereocenters. The number of para-hydroxylation sites is 2. The van der Waals surface area contributed by atoms with Crippen molar-refractivity contribution < 1.29 is 36.7 Å². The van der Waals surface area contributed by atoms with Crippen LogP contribution in [0.3, 0.4) is 0 Å². The predicted molar refractivity (Wildman–Crippen MR) is 302 cm³/mol. The molecule has 2 aromatic heterocycles. The van der Waals surface area contributed by atoms with Crippen LogP contribution in [-0.4, -0.2) is 38.4 Å². The second-order valence-corrected chi connectivity index (χ2v) is 24.8. The van der Waals surface area contributed by atoms with E-state index < -0.39 is 0 Å². The molecule has 0 spiro atoms. The van der Waals surface area contributed by atoms with Crippen molar-refractivity contribution in [2.24, 2.45) is 0 Å². The maximum Gasteiger partial charge on any atom is 0.494 e. The Labute approximate surface area is 445 Å². The Morgan fingerprint density at radius 1 is 0.571 bits per heavy atom. The second-order valence-electron chi connectivity index (χ2n) is 17.8. The Bertz CT molecular complexity index is 2990. The maximum absolute atomic E-state index is 6.33. The average Bonchev–Trinajstić information content (AvgIpc) is 3.97. The molecule has 0 saturated carbocycles. The first kappa shape index (κ1) is 49.9. The fourth-order valence-corrected chi connectivity index (χ4v) is 9.37. The van der Waals surface area contributed by atoms with Crippen LogP contribution in [0.1, 0.15) is 77.6 Å². The number of rotatable bonds is 2. The van der Waals surface area contributed by atoms with Gasteiger partial charge in [-0.3, -0.25) is 0 Å². The van der Waals surface area contributed by atoms with Gasteiger partial charge in [0.2, 0.25) is 0 Å². The number of hydrogen-bond acceptors (Lipinski definition) is 4. The van der Waals surface area contributed by atoms with Crippen LogP contribution in [0.2, 0.25) is 5.02 Å². The fraction of sp³-hybridized carbons (Fsp3) is 0.250. The van der Waals surface area contributed by atoms with E-state index in [1.807, 2.05) is 52.7 Å². The van der Waals surface area contributed by atoms with Gasteiger partial charge in [-0.1, -0.05) is 112 Å². The van der Waals surface area contributed by atoms with E-state index in [1.165, 1.54) is 71.1 Å². The summed E-state index contributed by atoms with van der Waals surface area (Å²) in [4.78, 5) is 0. The van der Waals surface area contributed by atoms with Crippen molar-refractivity contribution in [1.29, 1.82) is 0 Å². The minimum absolute atomic E-state index is 0. The molecule has 0 N–H and O–H groups in total. The minimum atomic E-state index is -0.357. The second kappa shape index (κ2) is 19.2. The Hall–Kier alpha value is -1.04. The van der Waals surface area contributed by atoms with E-state index in [2.05, 4.69) is 206 Å². The smallest absolute Gasteiger partial charge is 0.456 e. The first-order valence-electron chi connectivity index (χ1n) is 20.4. The molecule has 0 amide bonds. The molecule has 11 rings (SSSR count). The van der Waals surface area contributed by atoms with E-state index in [1.54, 1.807) is 0 Å². The molecule has 4 nitrogen and oxygen atoms in total. The molecule has 3 heterocycles. The van der Waals surface area contributed by atoms with Crippen molar-refractivity contribution in [2.75, 3.05) is 0 Å². The topological polar surface area (TPSA) is 44.7 Å². The van der Waals surface area contributed by atoms with E-state index in [-0.39, 0.29) is 47.7 Å². The molecule has 8 aromatic rings. The zero-order chi connectivity index (χ0) is 44.5. The summed E-state index contributed by atoms with van der Waals surface area (Å²) in [6.07, 6.45) is 0. The van der Waals surface area contributed by atoms with Crippen molar-refractivity contribution >= 4 is 178 Å². The van der Waals surface area contributed by atoms with Gasteiger partial charge < -0.3 is 18.1 Å². The Morgan fingerprint density at radius 2 is 0.984 bits per heavy atom. The first-order valence-corrected chi connectivity index (χ1v) is 25.8. The number of fused-ring (bicyclic) bond motifs is 14. The van der Waals surface area contributed by atoms with Crippen LogP contribution in [0.4, 0.5) is 0 Å². The van der Waals surface area contributed by atoms with Gasteiger partial charge in [0, 0.05) is 63.7 Å². The van der Waals surface area contributed by atoms with Crippen molar-refractivity contribution in [2.45, 2.75) is 77.4 Å². The minimum Gasteiger partial charge on any atom is -0.456 e. The van der Waals surface area contributed by atoms with Crippen LogP contribution < -0.4 is 5.46 Å².